The Morgan fingerprint density at radius 2 is 1.88 bits per heavy atom. The van der Waals surface area contributed by atoms with Gasteiger partial charge in [-0.25, -0.2) is 9.67 Å². The molecule has 0 atom stereocenters. The first-order valence-electron chi connectivity index (χ1n) is 9.83. The molecule has 0 aliphatic carbocycles. The van der Waals surface area contributed by atoms with Crippen LogP contribution in [0.4, 0.5) is 5.69 Å². The van der Waals surface area contributed by atoms with E-state index in [0.29, 0.717) is 17.4 Å². The van der Waals surface area contributed by atoms with E-state index in [0.717, 1.165) is 28.4 Å². The summed E-state index contributed by atoms with van der Waals surface area (Å²) in [7, 11) is 1.62. The van der Waals surface area contributed by atoms with Crippen LogP contribution in [-0.2, 0) is 6.54 Å². The van der Waals surface area contributed by atoms with E-state index < -0.39 is 5.91 Å². The molecule has 9 nitrogen and oxygen atoms in total. The van der Waals surface area contributed by atoms with E-state index in [-0.39, 0.29) is 11.1 Å². The second-order valence-corrected chi connectivity index (χ2v) is 8.08. The molecule has 5 rings (SSSR count). The highest BCUT2D eigenvalue weighted by Gasteiger charge is 2.20. The number of hydrogen-bond donors (Lipinski definition) is 1. The number of nitrogens with zero attached hydrogens (tertiary/aromatic N) is 5. The number of benzene rings is 2. The molecule has 160 valence electrons. The van der Waals surface area contributed by atoms with Crippen molar-refractivity contribution in [2.45, 2.75) is 11.7 Å². The Hall–Kier alpha value is -3.92. The van der Waals surface area contributed by atoms with Crippen LogP contribution in [0.5, 0.6) is 5.75 Å². The number of rotatable bonds is 5. The van der Waals surface area contributed by atoms with Gasteiger partial charge in [0, 0.05) is 29.7 Å². The number of thioether (sulfide) groups is 1. The smallest absolute Gasteiger partial charge is 0.267 e. The van der Waals surface area contributed by atoms with Crippen molar-refractivity contribution in [2.75, 3.05) is 18.2 Å². The van der Waals surface area contributed by atoms with Gasteiger partial charge in [0.1, 0.15) is 11.3 Å². The van der Waals surface area contributed by atoms with Crippen molar-refractivity contribution in [3.8, 4) is 22.7 Å². The third-order valence-electron chi connectivity index (χ3n) is 5.11. The van der Waals surface area contributed by atoms with Crippen LogP contribution in [0.1, 0.15) is 10.4 Å². The van der Waals surface area contributed by atoms with Crippen LogP contribution in [0.2, 0.25) is 0 Å². The average Bonchev–Trinajstić information content (AvgIpc) is 3.50. The largest absolute Gasteiger partial charge is 0.497 e. The van der Waals surface area contributed by atoms with Crippen LogP contribution < -0.4 is 15.6 Å². The lowest BCUT2D eigenvalue weighted by Gasteiger charge is -2.09. The number of methoxy groups -OCH3 is 1. The van der Waals surface area contributed by atoms with E-state index in [1.54, 1.807) is 30.1 Å². The Labute approximate surface area is 187 Å². The van der Waals surface area contributed by atoms with Crippen molar-refractivity contribution < 1.29 is 9.53 Å². The SMILES string of the molecule is COc1ccc(-c2cnnn2-c2ccc(NC(=O)c3cnc4n(c3=O)CCS4)cc2)cc1. The van der Waals surface area contributed by atoms with E-state index in [4.69, 9.17) is 4.74 Å². The molecule has 2 aromatic heterocycles. The van der Waals surface area contributed by atoms with E-state index in [2.05, 4.69) is 20.6 Å². The molecular weight excluding hydrogens is 428 g/mol. The van der Waals surface area contributed by atoms with E-state index in [1.165, 1.54) is 22.5 Å². The molecule has 4 aromatic rings. The first-order chi connectivity index (χ1) is 15.6. The van der Waals surface area contributed by atoms with Crippen LogP contribution in [0, 0.1) is 0 Å². The predicted molar refractivity (Wildman–Crippen MR) is 121 cm³/mol. The van der Waals surface area contributed by atoms with E-state index in [9.17, 15) is 9.59 Å². The highest BCUT2D eigenvalue weighted by Crippen LogP contribution is 2.25. The highest BCUT2D eigenvalue weighted by atomic mass is 32.2. The molecular formula is C22H18N6O3S. The minimum atomic E-state index is -0.484. The normalized spacial score (nSPS) is 12.4. The molecule has 1 N–H and O–H groups in total. The molecule has 0 saturated carbocycles. The lowest BCUT2D eigenvalue weighted by atomic mass is 10.1. The summed E-state index contributed by atoms with van der Waals surface area (Å²) in [6.45, 7) is 0.566. The predicted octanol–water partition coefficient (Wildman–Crippen LogP) is 2.86. The molecule has 0 bridgehead atoms. The zero-order chi connectivity index (χ0) is 22.1. The van der Waals surface area contributed by atoms with Crippen molar-refractivity contribution in [2.24, 2.45) is 0 Å². The summed E-state index contributed by atoms with van der Waals surface area (Å²) in [5, 5.41) is 11.6. The molecule has 1 amide bonds. The summed E-state index contributed by atoms with van der Waals surface area (Å²) in [4.78, 5) is 29.4. The molecule has 3 heterocycles. The third kappa shape index (κ3) is 3.65. The number of carbonyl (C=O) groups excluding carboxylic acids is 1. The summed E-state index contributed by atoms with van der Waals surface area (Å²) in [5.74, 6) is 1.07. The van der Waals surface area contributed by atoms with Gasteiger partial charge in [-0.05, 0) is 48.5 Å². The molecule has 1 aliphatic heterocycles. The fraction of sp³-hybridized carbons (Fsp3) is 0.136. The lowest BCUT2D eigenvalue weighted by molar-refractivity contribution is 0.102. The first-order valence-corrected chi connectivity index (χ1v) is 10.8. The van der Waals surface area contributed by atoms with Crippen molar-refractivity contribution in [3.05, 3.63) is 76.8 Å². The van der Waals surface area contributed by atoms with Crippen LogP contribution in [-0.4, -0.2) is 43.3 Å². The third-order valence-corrected chi connectivity index (χ3v) is 6.08. The van der Waals surface area contributed by atoms with Crippen molar-refractivity contribution in [1.29, 1.82) is 0 Å². The average molecular weight is 446 g/mol. The van der Waals surface area contributed by atoms with Gasteiger partial charge in [-0.1, -0.05) is 17.0 Å². The zero-order valence-corrected chi connectivity index (χ0v) is 17.9. The Balaban J connectivity index is 1.36. The van der Waals surface area contributed by atoms with Gasteiger partial charge in [-0.2, -0.15) is 0 Å². The van der Waals surface area contributed by atoms with E-state index in [1.807, 2.05) is 36.4 Å². The van der Waals surface area contributed by atoms with Gasteiger partial charge in [-0.3, -0.25) is 14.2 Å². The lowest BCUT2D eigenvalue weighted by Crippen LogP contribution is -2.29. The number of carbonyl (C=O) groups is 1. The van der Waals surface area contributed by atoms with Gasteiger partial charge in [0.25, 0.3) is 11.5 Å². The topological polar surface area (TPSA) is 104 Å². The maximum Gasteiger partial charge on any atom is 0.267 e. The Kier molecular flexibility index (Phi) is 5.20. The fourth-order valence-corrected chi connectivity index (χ4v) is 4.36. The minimum absolute atomic E-state index is 0.0263. The molecule has 0 fully saturated rings. The van der Waals surface area contributed by atoms with Crippen LogP contribution in [0.15, 0.2) is 70.9 Å². The quantitative estimate of drug-likeness (QED) is 0.470. The molecule has 0 radical (unpaired) electrons. The molecule has 32 heavy (non-hydrogen) atoms. The van der Waals surface area contributed by atoms with Gasteiger partial charge in [0.2, 0.25) is 0 Å². The van der Waals surface area contributed by atoms with Crippen molar-refractivity contribution >= 4 is 23.4 Å². The Morgan fingerprint density at radius 3 is 2.62 bits per heavy atom. The summed E-state index contributed by atoms with van der Waals surface area (Å²) in [6, 6.07) is 14.8. The number of anilines is 1. The van der Waals surface area contributed by atoms with Gasteiger partial charge in [0.05, 0.1) is 24.7 Å². The molecule has 10 heteroatoms. The monoisotopic (exact) mass is 446 g/mol. The minimum Gasteiger partial charge on any atom is -0.497 e. The van der Waals surface area contributed by atoms with Gasteiger partial charge < -0.3 is 10.1 Å². The number of fused-ring (bicyclic) bond motifs is 1. The van der Waals surface area contributed by atoms with Gasteiger partial charge in [0.15, 0.2) is 5.16 Å². The van der Waals surface area contributed by atoms with Crippen molar-refractivity contribution in [3.63, 3.8) is 0 Å². The van der Waals surface area contributed by atoms with Gasteiger partial charge >= 0.3 is 0 Å². The maximum absolute atomic E-state index is 12.6. The van der Waals surface area contributed by atoms with Crippen LogP contribution in [0.3, 0.4) is 0 Å². The Morgan fingerprint density at radius 1 is 1.09 bits per heavy atom. The fourth-order valence-electron chi connectivity index (χ4n) is 3.44. The summed E-state index contributed by atoms with van der Waals surface area (Å²) >= 11 is 1.51. The summed E-state index contributed by atoms with van der Waals surface area (Å²) in [6.07, 6.45) is 3.02. The first kappa shape index (κ1) is 20.0. The number of nitrogens with one attached hydrogen (secondary N) is 1. The van der Waals surface area contributed by atoms with Crippen molar-refractivity contribution in [1.82, 2.24) is 24.5 Å². The molecule has 0 saturated heterocycles. The molecule has 2 aromatic carbocycles. The molecule has 1 aliphatic rings. The van der Waals surface area contributed by atoms with Gasteiger partial charge in [-0.15, -0.1) is 5.10 Å². The molecule has 0 spiro atoms. The van der Waals surface area contributed by atoms with Crippen LogP contribution >= 0.6 is 11.8 Å². The number of aromatic nitrogens is 5. The number of hydrogen-bond acceptors (Lipinski definition) is 7. The maximum atomic E-state index is 12.6. The summed E-state index contributed by atoms with van der Waals surface area (Å²) < 4.78 is 8.45. The second-order valence-electron chi connectivity index (χ2n) is 7.02. The summed E-state index contributed by atoms with van der Waals surface area (Å²) in [5.41, 5.74) is 2.81. The highest BCUT2D eigenvalue weighted by molar-refractivity contribution is 7.99. The Bertz CT molecular complexity index is 1350. The second kappa shape index (κ2) is 8.31. The molecule has 0 unspecified atom stereocenters. The standard InChI is InChI=1S/C22H18N6O3S/c1-31-17-8-2-14(3-9-17)19-13-24-26-28(19)16-6-4-15(5-7-16)25-20(29)18-12-23-22-27(21(18)30)10-11-32-22/h2-9,12-13H,10-11H2,1H3,(H,25,29). The zero-order valence-electron chi connectivity index (χ0n) is 17.1. The number of ether oxygens (including phenoxy) is 1. The number of amides is 1. The van der Waals surface area contributed by atoms with E-state index >= 15 is 0 Å². The van der Waals surface area contributed by atoms with Crippen LogP contribution in [0.25, 0.3) is 16.9 Å².